The normalized spacial score (nSPS) is 10.1. The first-order valence-electron chi connectivity index (χ1n) is 4.74. The standard InChI is InChI=1S/C12H12IO2S/c1-14-10-6-5-9(8-11(10)15-2)13-12-4-3-7-16-12/h3-8H,1-2H3/q+1. The van der Waals surface area contributed by atoms with Crippen LogP contribution in [-0.4, -0.2) is 14.2 Å². The Morgan fingerprint density at radius 2 is 1.88 bits per heavy atom. The molecule has 2 aromatic rings. The number of methoxy groups -OCH3 is 2. The second-order valence-electron chi connectivity index (χ2n) is 3.01. The lowest BCUT2D eigenvalue weighted by Gasteiger charge is -2.05. The number of thiophene rings is 1. The van der Waals surface area contributed by atoms with Crippen LogP contribution in [-0.2, 0) is 0 Å². The van der Waals surface area contributed by atoms with Gasteiger partial charge in [0, 0.05) is 12.1 Å². The molecule has 0 atom stereocenters. The second kappa shape index (κ2) is 5.54. The SMILES string of the molecule is COc1ccc([I+]c2cccs2)cc1OC. The lowest BCUT2D eigenvalue weighted by Crippen LogP contribution is -3.61. The molecule has 1 heterocycles. The summed E-state index contributed by atoms with van der Waals surface area (Å²) in [6.45, 7) is 0. The van der Waals surface area contributed by atoms with Crippen LogP contribution >= 0.6 is 11.3 Å². The molecule has 2 nitrogen and oxygen atoms in total. The summed E-state index contributed by atoms with van der Waals surface area (Å²) in [6, 6.07) is 10.5. The van der Waals surface area contributed by atoms with Crippen molar-refractivity contribution >= 4 is 11.3 Å². The summed E-state index contributed by atoms with van der Waals surface area (Å²) >= 11 is 1.73. The van der Waals surface area contributed by atoms with Crippen LogP contribution in [0.4, 0.5) is 0 Å². The molecule has 0 aliphatic heterocycles. The molecule has 0 bridgehead atoms. The third kappa shape index (κ3) is 2.68. The van der Waals surface area contributed by atoms with Gasteiger partial charge in [-0.1, -0.05) is 11.3 Å². The van der Waals surface area contributed by atoms with Gasteiger partial charge in [0.05, 0.1) is 14.2 Å². The van der Waals surface area contributed by atoms with Crippen LogP contribution in [0.3, 0.4) is 0 Å². The average Bonchev–Trinajstić information content (AvgIpc) is 2.81. The summed E-state index contributed by atoms with van der Waals surface area (Å²) in [5, 5.41) is 2.12. The molecular weight excluding hydrogens is 335 g/mol. The molecule has 0 fully saturated rings. The number of hydrogen-bond acceptors (Lipinski definition) is 3. The number of hydrogen-bond donors (Lipinski definition) is 0. The highest BCUT2D eigenvalue weighted by atomic mass is 127. The molecule has 0 saturated carbocycles. The van der Waals surface area contributed by atoms with Crippen molar-refractivity contribution in [1.82, 2.24) is 0 Å². The van der Waals surface area contributed by atoms with Gasteiger partial charge in [0.15, 0.2) is 15.1 Å². The van der Waals surface area contributed by atoms with Gasteiger partial charge in [0.1, 0.15) is 0 Å². The average molecular weight is 347 g/mol. The number of halogens is 1. The minimum atomic E-state index is -0.0917. The Hall–Kier alpha value is -0.750. The van der Waals surface area contributed by atoms with E-state index in [1.165, 1.54) is 6.45 Å². The first-order chi connectivity index (χ1) is 7.83. The van der Waals surface area contributed by atoms with Gasteiger partial charge in [-0.05, 0) is 23.6 Å². The molecule has 2 rings (SSSR count). The van der Waals surface area contributed by atoms with E-state index in [0.717, 1.165) is 11.5 Å². The second-order valence-corrected chi connectivity index (χ2v) is 7.64. The van der Waals surface area contributed by atoms with Crippen molar-refractivity contribution in [3.63, 3.8) is 0 Å². The number of rotatable bonds is 4. The third-order valence-corrected chi connectivity index (χ3v) is 6.15. The topological polar surface area (TPSA) is 18.5 Å². The van der Waals surface area contributed by atoms with Gasteiger partial charge >= 0.3 is 21.2 Å². The highest BCUT2D eigenvalue weighted by Crippen LogP contribution is 2.24. The number of benzene rings is 1. The Bertz CT molecular complexity index is 454. The fourth-order valence-corrected chi connectivity index (χ4v) is 5.00. The molecule has 0 spiro atoms. The molecule has 0 aliphatic rings. The van der Waals surface area contributed by atoms with Crippen molar-refractivity contribution < 1.29 is 30.7 Å². The summed E-state index contributed by atoms with van der Waals surface area (Å²) in [5.41, 5.74) is 0. The molecule has 0 N–H and O–H groups in total. The molecule has 84 valence electrons. The molecule has 4 heteroatoms. The minimum Gasteiger partial charge on any atom is -0.493 e. The van der Waals surface area contributed by atoms with Crippen molar-refractivity contribution in [2.45, 2.75) is 0 Å². The molecule has 0 radical (unpaired) electrons. The summed E-state index contributed by atoms with van der Waals surface area (Å²) < 4.78 is 13.3. The van der Waals surface area contributed by atoms with Gasteiger partial charge in [0.2, 0.25) is 2.88 Å². The first kappa shape index (κ1) is 11.7. The van der Waals surface area contributed by atoms with E-state index in [1.54, 1.807) is 14.2 Å². The van der Waals surface area contributed by atoms with Gasteiger partial charge in [-0.2, -0.15) is 0 Å². The van der Waals surface area contributed by atoms with E-state index in [4.69, 9.17) is 9.47 Å². The lowest BCUT2D eigenvalue weighted by atomic mass is 10.3. The predicted octanol–water partition coefficient (Wildman–Crippen LogP) is -0.106. The maximum Gasteiger partial charge on any atom is 0.369 e. The fraction of sp³-hybridized carbons (Fsp3) is 0.167. The van der Waals surface area contributed by atoms with E-state index in [0.29, 0.717) is 0 Å². The lowest BCUT2D eigenvalue weighted by molar-refractivity contribution is -0.591. The van der Waals surface area contributed by atoms with Crippen LogP contribution in [0.15, 0.2) is 35.7 Å². The molecular formula is C12H12IO2S+. The van der Waals surface area contributed by atoms with Gasteiger partial charge in [-0.15, -0.1) is 0 Å². The Morgan fingerprint density at radius 3 is 2.50 bits per heavy atom. The first-order valence-corrected chi connectivity index (χ1v) is 7.77. The molecule has 0 aliphatic carbocycles. The van der Waals surface area contributed by atoms with E-state index in [1.807, 2.05) is 17.4 Å². The van der Waals surface area contributed by atoms with Gasteiger partial charge in [0.25, 0.3) is 0 Å². The quantitative estimate of drug-likeness (QED) is 0.719. The molecule has 1 aromatic carbocycles. The van der Waals surface area contributed by atoms with Crippen LogP contribution in [0.25, 0.3) is 0 Å². The van der Waals surface area contributed by atoms with Crippen LogP contribution in [0.1, 0.15) is 0 Å². The Kier molecular flexibility index (Phi) is 4.06. The van der Waals surface area contributed by atoms with E-state index in [9.17, 15) is 0 Å². The van der Waals surface area contributed by atoms with Gasteiger partial charge < -0.3 is 9.47 Å². The summed E-state index contributed by atoms with van der Waals surface area (Å²) in [4.78, 5) is 0. The Balaban J connectivity index is 2.22. The van der Waals surface area contributed by atoms with E-state index in [-0.39, 0.29) is 21.2 Å². The predicted molar refractivity (Wildman–Crippen MR) is 61.3 cm³/mol. The zero-order valence-corrected chi connectivity index (χ0v) is 12.0. The summed E-state index contributed by atoms with van der Waals surface area (Å²) in [7, 11) is 3.33. The van der Waals surface area contributed by atoms with Crippen molar-refractivity contribution in [1.29, 1.82) is 0 Å². The van der Waals surface area contributed by atoms with Crippen molar-refractivity contribution in [2.75, 3.05) is 14.2 Å². The van der Waals surface area contributed by atoms with Crippen LogP contribution in [0.5, 0.6) is 11.5 Å². The maximum absolute atomic E-state index is 5.29. The Morgan fingerprint density at radius 1 is 1.06 bits per heavy atom. The van der Waals surface area contributed by atoms with E-state index >= 15 is 0 Å². The molecule has 0 unspecified atom stereocenters. The highest BCUT2D eigenvalue weighted by molar-refractivity contribution is 7.07. The van der Waals surface area contributed by atoms with Crippen LogP contribution in [0, 0.1) is 6.45 Å². The van der Waals surface area contributed by atoms with Crippen molar-refractivity contribution in [2.24, 2.45) is 0 Å². The molecule has 0 saturated heterocycles. The van der Waals surface area contributed by atoms with Gasteiger partial charge in [-0.3, -0.25) is 0 Å². The fourth-order valence-electron chi connectivity index (χ4n) is 1.29. The monoisotopic (exact) mass is 347 g/mol. The minimum absolute atomic E-state index is 0.0917. The van der Waals surface area contributed by atoms with Crippen molar-refractivity contribution in [3.8, 4) is 11.5 Å². The van der Waals surface area contributed by atoms with Crippen LogP contribution in [0.2, 0.25) is 0 Å². The van der Waals surface area contributed by atoms with E-state index in [2.05, 4.69) is 29.6 Å². The molecule has 0 amide bonds. The Labute approximate surface area is 109 Å². The summed E-state index contributed by atoms with van der Waals surface area (Å²) in [5.74, 6) is 1.61. The smallest absolute Gasteiger partial charge is 0.369 e. The van der Waals surface area contributed by atoms with Crippen LogP contribution < -0.4 is 30.7 Å². The molecule has 16 heavy (non-hydrogen) atoms. The van der Waals surface area contributed by atoms with Gasteiger partial charge in [-0.25, -0.2) is 0 Å². The van der Waals surface area contributed by atoms with Crippen molar-refractivity contribution in [3.05, 3.63) is 42.2 Å². The molecule has 1 aromatic heterocycles. The maximum atomic E-state index is 5.29. The number of ether oxygens (including phenoxy) is 2. The largest absolute Gasteiger partial charge is 0.493 e. The van der Waals surface area contributed by atoms with E-state index < -0.39 is 0 Å². The summed E-state index contributed by atoms with van der Waals surface area (Å²) in [6.07, 6.45) is 0. The third-order valence-electron chi connectivity index (χ3n) is 2.03. The zero-order chi connectivity index (χ0) is 11.4. The zero-order valence-electron chi connectivity index (χ0n) is 9.07. The highest BCUT2D eigenvalue weighted by Gasteiger charge is 2.18.